The van der Waals surface area contributed by atoms with Crippen LogP contribution >= 0.6 is 0 Å². The Kier molecular flexibility index (Phi) is 5.21. The molecule has 0 spiro atoms. The average molecular weight is 278 g/mol. The van der Waals surface area contributed by atoms with Gasteiger partial charge in [0.15, 0.2) is 17.3 Å². The van der Waals surface area contributed by atoms with Gasteiger partial charge in [-0.2, -0.15) is 0 Å². The Morgan fingerprint density at radius 3 is 2.10 bits per heavy atom. The Morgan fingerprint density at radius 1 is 1.15 bits per heavy atom. The van der Waals surface area contributed by atoms with E-state index in [-0.39, 0.29) is 11.2 Å². The van der Waals surface area contributed by atoms with E-state index in [1.54, 1.807) is 20.3 Å². The summed E-state index contributed by atoms with van der Waals surface area (Å²) in [6, 6.07) is 3.64. The number of aryl methyl sites for hydroxylation is 1. The van der Waals surface area contributed by atoms with E-state index < -0.39 is 0 Å². The van der Waals surface area contributed by atoms with Gasteiger partial charge in [0.1, 0.15) is 0 Å². The smallest absolute Gasteiger partial charge is 0.163 e. The van der Waals surface area contributed by atoms with Crippen molar-refractivity contribution < 1.29 is 14.3 Å². The summed E-state index contributed by atoms with van der Waals surface area (Å²) in [5.74, 6) is 1.74. The lowest BCUT2D eigenvalue weighted by Gasteiger charge is -2.26. The monoisotopic (exact) mass is 278 g/mol. The molecular formula is C17H26O3. The van der Waals surface area contributed by atoms with Gasteiger partial charge in [-0.3, -0.25) is 4.79 Å². The number of hydrogen-bond donors (Lipinski definition) is 0. The fourth-order valence-electron chi connectivity index (χ4n) is 1.98. The molecule has 1 unspecified atom stereocenters. The minimum atomic E-state index is 0.125. The summed E-state index contributed by atoms with van der Waals surface area (Å²) in [5, 5.41) is 0. The zero-order chi connectivity index (χ0) is 15.5. The molecule has 0 heterocycles. The highest BCUT2D eigenvalue weighted by Gasteiger charge is 2.24. The number of rotatable bonds is 5. The summed E-state index contributed by atoms with van der Waals surface area (Å²) in [7, 11) is 3.18. The summed E-state index contributed by atoms with van der Waals surface area (Å²) in [6.07, 6.45) is 0.541. The predicted octanol–water partition coefficient (Wildman–Crippen LogP) is 4.27. The molecule has 0 aliphatic carbocycles. The molecule has 0 N–H and O–H groups in total. The largest absolute Gasteiger partial charge is 0.493 e. The van der Waals surface area contributed by atoms with Crippen molar-refractivity contribution in [2.75, 3.05) is 14.2 Å². The van der Waals surface area contributed by atoms with Crippen LogP contribution in [0.1, 0.15) is 50.0 Å². The van der Waals surface area contributed by atoms with Gasteiger partial charge in [0.25, 0.3) is 0 Å². The standard InChI is InChI=1S/C17H26O3/c1-11-8-15(19-6)16(20-7)10-13(11)14(18)9-12(2)17(3,4)5/h8,10,12H,9H2,1-7H3. The van der Waals surface area contributed by atoms with Gasteiger partial charge in [0.05, 0.1) is 14.2 Å². The Labute approximate surface area is 122 Å². The first-order chi connectivity index (χ1) is 9.20. The molecule has 1 rings (SSSR count). The van der Waals surface area contributed by atoms with Crippen molar-refractivity contribution in [1.29, 1.82) is 0 Å². The SMILES string of the molecule is COc1cc(C)c(C(=O)CC(C)C(C)(C)C)cc1OC. The van der Waals surface area contributed by atoms with Gasteiger partial charge in [-0.05, 0) is 36.0 Å². The molecule has 0 aromatic heterocycles. The maximum atomic E-state index is 12.5. The first-order valence-electron chi connectivity index (χ1n) is 6.96. The van der Waals surface area contributed by atoms with Crippen molar-refractivity contribution >= 4 is 5.78 Å². The Bertz CT molecular complexity index is 484. The highest BCUT2D eigenvalue weighted by atomic mass is 16.5. The second kappa shape index (κ2) is 6.29. The summed E-state index contributed by atoms with van der Waals surface area (Å²) in [5.41, 5.74) is 1.77. The molecular weight excluding hydrogens is 252 g/mol. The van der Waals surface area contributed by atoms with E-state index in [1.165, 1.54) is 0 Å². The molecule has 0 saturated heterocycles. The van der Waals surface area contributed by atoms with Crippen molar-refractivity contribution in [2.24, 2.45) is 11.3 Å². The highest BCUT2D eigenvalue weighted by molar-refractivity contribution is 5.98. The van der Waals surface area contributed by atoms with Crippen molar-refractivity contribution in [3.05, 3.63) is 23.3 Å². The zero-order valence-electron chi connectivity index (χ0n) is 13.7. The van der Waals surface area contributed by atoms with E-state index in [0.717, 1.165) is 11.1 Å². The number of ether oxygens (including phenoxy) is 2. The molecule has 112 valence electrons. The van der Waals surface area contributed by atoms with Crippen LogP contribution in [0.4, 0.5) is 0 Å². The normalized spacial score (nSPS) is 12.9. The third kappa shape index (κ3) is 3.75. The predicted molar refractivity (Wildman–Crippen MR) is 81.8 cm³/mol. The fraction of sp³-hybridized carbons (Fsp3) is 0.588. The van der Waals surface area contributed by atoms with E-state index in [9.17, 15) is 4.79 Å². The van der Waals surface area contributed by atoms with Crippen LogP contribution in [-0.2, 0) is 0 Å². The van der Waals surface area contributed by atoms with Crippen molar-refractivity contribution in [3.63, 3.8) is 0 Å². The van der Waals surface area contributed by atoms with Gasteiger partial charge >= 0.3 is 0 Å². The average Bonchev–Trinajstić information content (AvgIpc) is 2.36. The van der Waals surface area contributed by atoms with Crippen molar-refractivity contribution in [2.45, 2.75) is 41.0 Å². The first kappa shape index (κ1) is 16.5. The van der Waals surface area contributed by atoms with E-state index in [0.29, 0.717) is 23.8 Å². The first-order valence-corrected chi connectivity index (χ1v) is 6.96. The number of hydrogen-bond acceptors (Lipinski definition) is 3. The Balaban J connectivity index is 3.05. The molecule has 1 aromatic carbocycles. The number of Topliss-reactive ketones (excluding diaryl/α,β-unsaturated/α-hetero) is 1. The Hall–Kier alpha value is -1.51. The highest BCUT2D eigenvalue weighted by Crippen LogP contribution is 2.33. The molecule has 1 aromatic rings. The molecule has 0 amide bonds. The van der Waals surface area contributed by atoms with Gasteiger partial charge in [-0.15, -0.1) is 0 Å². The van der Waals surface area contributed by atoms with Crippen LogP contribution in [-0.4, -0.2) is 20.0 Å². The maximum Gasteiger partial charge on any atom is 0.163 e. The van der Waals surface area contributed by atoms with E-state index in [1.807, 2.05) is 13.0 Å². The maximum absolute atomic E-state index is 12.5. The van der Waals surface area contributed by atoms with Crippen LogP contribution in [0.2, 0.25) is 0 Å². The van der Waals surface area contributed by atoms with Crippen LogP contribution in [0.25, 0.3) is 0 Å². The molecule has 0 aliphatic rings. The van der Waals surface area contributed by atoms with Crippen LogP contribution < -0.4 is 9.47 Å². The third-order valence-electron chi connectivity index (χ3n) is 4.00. The minimum absolute atomic E-state index is 0.125. The second-order valence-corrected chi connectivity index (χ2v) is 6.42. The zero-order valence-corrected chi connectivity index (χ0v) is 13.7. The molecule has 3 nitrogen and oxygen atoms in total. The van der Waals surface area contributed by atoms with Crippen LogP contribution in [0, 0.1) is 18.3 Å². The number of carbonyl (C=O) groups excluding carboxylic acids is 1. The number of methoxy groups -OCH3 is 2. The molecule has 0 aliphatic heterocycles. The summed E-state index contributed by atoms with van der Waals surface area (Å²) >= 11 is 0. The van der Waals surface area contributed by atoms with Crippen LogP contribution in [0.3, 0.4) is 0 Å². The van der Waals surface area contributed by atoms with Crippen molar-refractivity contribution in [1.82, 2.24) is 0 Å². The molecule has 0 bridgehead atoms. The van der Waals surface area contributed by atoms with Crippen LogP contribution in [0.5, 0.6) is 11.5 Å². The minimum Gasteiger partial charge on any atom is -0.493 e. The number of carbonyl (C=O) groups is 1. The Morgan fingerprint density at radius 2 is 1.65 bits per heavy atom. The number of ketones is 1. The van der Waals surface area contributed by atoms with Gasteiger partial charge in [-0.25, -0.2) is 0 Å². The second-order valence-electron chi connectivity index (χ2n) is 6.42. The summed E-state index contributed by atoms with van der Waals surface area (Å²) in [4.78, 5) is 12.5. The molecule has 0 fully saturated rings. The molecule has 1 atom stereocenters. The van der Waals surface area contributed by atoms with Gasteiger partial charge in [-0.1, -0.05) is 27.7 Å². The van der Waals surface area contributed by atoms with E-state index in [4.69, 9.17) is 9.47 Å². The van der Waals surface area contributed by atoms with Gasteiger partial charge < -0.3 is 9.47 Å². The lowest BCUT2D eigenvalue weighted by atomic mass is 9.78. The molecule has 0 radical (unpaired) electrons. The quantitative estimate of drug-likeness (QED) is 0.755. The van der Waals surface area contributed by atoms with E-state index in [2.05, 4.69) is 27.7 Å². The summed E-state index contributed by atoms with van der Waals surface area (Å²) < 4.78 is 10.5. The topological polar surface area (TPSA) is 35.5 Å². The summed E-state index contributed by atoms with van der Waals surface area (Å²) in [6.45, 7) is 10.5. The van der Waals surface area contributed by atoms with Crippen LogP contribution in [0.15, 0.2) is 12.1 Å². The lowest BCUT2D eigenvalue weighted by Crippen LogP contribution is -2.21. The molecule has 3 heteroatoms. The lowest BCUT2D eigenvalue weighted by molar-refractivity contribution is 0.0926. The van der Waals surface area contributed by atoms with Gasteiger partial charge in [0.2, 0.25) is 0 Å². The molecule has 20 heavy (non-hydrogen) atoms. The van der Waals surface area contributed by atoms with E-state index >= 15 is 0 Å². The van der Waals surface area contributed by atoms with Crippen molar-refractivity contribution in [3.8, 4) is 11.5 Å². The van der Waals surface area contributed by atoms with Gasteiger partial charge in [0, 0.05) is 12.0 Å². The third-order valence-corrected chi connectivity index (χ3v) is 4.00. The fourth-order valence-corrected chi connectivity index (χ4v) is 1.98. The number of benzene rings is 1. The molecule has 0 saturated carbocycles.